The van der Waals surface area contributed by atoms with Crippen LogP contribution in [-0.2, 0) is 14.3 Å². The van der Waals surface area contributed by atoms with Crippen molar-refractivity contribution in [1.29, 1.82) is 0 Å². The van der Waals surface area contributed by atoms with Gasteiger partial charge in [0.25, 0.3) is 0 Å². The third kappa shape index (κ3) is 3.00. The highest BCUT2D eigenvalue weighted by Crippen LogP contribution is 2.46. The molecule has 3 rings (SSSR count). The zero-order chi connectivity index (χ0) is 18.8. The number of rotatable bonds is 4. The van der Waals surface area contributed by atoms with Crippen molar-refractivity contribution < 1.29 is 23.8 Å². The summed E-state index contributed by atoms with van der Waals surface area (Å²) in [5, 5.41) is 0. The van der Waals surface area contributed by atoms with Gasteiger partial charge in [-0.2, -0.15) is 0 Å². The number of carbonyl (C=O) groups excluding carboxylic acids is 2. The number of hydrogen-bond acceptors (Lipinski definition) is 6. The molecule has 1 aromatic carbocycles. The van der Waals surface area contributed by atoms with Gasteiger partial charge in [-0.1, -0.05) is 0 Å². The van der Waals surface area contributed by atoms with Gasteiger partial charge in [0.1, 0.15) is 17.4 Å². The number of benzene rings is 1. The monoisotopic (exact) mass is 357 g/mol. The van der Waals surface area contributed by atoms with Gasteiger partial charge in [-0.05, 0) is 38.0 Å². The highest BCUT2D eigenvalue weighted by Gasteiger charge is 2.44. The molecule has 0 aromatic heterocycles. The first-order chi connectivity index (χ1) is 12.5. The number of methoxy groups -OCH3 is 3. The quantitative estimate of drug-likeness (QED) is 0.774. The minimum absolute atomic E-state index is 0.0336. The van der Waals surface area contributed by atoms with Crippen LogP contribution in [0.15, 0.2) is 34.5 Å². The number of hydrogen-bond donors (Lipinski definition) is 0. The minimum atomic E-state index is -0.665. The summed E-state index contributed by atoms with van der Waals surface area (Å²) < 4.78 is 15.9. The maximum atomic E-state index is 12.8. The van der Waals surface area contributed by atoms with E-state index in [2.05, 4.69) is 4.99 Å². The van der Waals surface area contributed by atoms with Gasteiger partial charge in [0.2, 0.25) is 0 Å². The van der Waals surface area contributed by atoms with Crippen LogP contribution in [0.5, 0.6) is 11.5 Å². The second kappa shape index (κ2) is 7.32. The van der Waals surface area contributed by atoms with E-state index in [4.69, 9.17) is 14.2 Å². The summed E-state index contributed by atoms with van der Waals surface area (Å²) in [6.07, 6.45) is 1.97. The number of ether oxygens (including phenoxy) is 3. The van der Waals surface area contributed by atoms with Crippen molar-refractivity contribution in [2.75, 3.05) is 21.3 Å². The fourth-order valence-corrected chi connectivity index (χ4v) is 3.86. The molecule has 0 spiro atoms. The molecular weight excluding hydrogens is 334 g/mol. The van der Waals surface area contributed by atoms with Gasteiger partial charge in [-0.15, -0.1) is 0 Å². The predicted octanol–water partition coefficient (Wildman–Crippen LogP) is 3.06. The highest BCUT2D eigenvalue weighted by molar-refractivity contribution is 6.09. The van der Waals surface area contributed by atoms with Crippen LogP contribution in [0.1, 0.15) is 37.7 Å². The van der Waals surface area contributed by atoms with Crippen LogP contribution in [0.3, 0.4) is 0 Å². The summed E-state index contributed by atoms with van der Waals surface area (Å²) in [6.45, 7) is 1.81. The average molecular weight is 357 g/mol. The SMILES string of the molecule is COC(=O)C1C(C)=NC2=C(C(=O)CCC2)[C@@H]1c1cc(OC)ccc1OC. The molecule has 0 radical (unpaired) electrons. The standard InChI is InChI=1S/C20H23NO5/c1-11-17(20(23)26-4)18(19-14(21-11)6-5-7-15(19)22)13-10-12(24-2)8-9-16(13)25-3/h8-10,17-18H,5-7H2,1-4H3/t17?,18-/m1/s1. The molecule has 2 aliphatic rings. The lowest BCUT2D eigenvalue weighted by atomic mass is 9.71. The molecular formula is C20H23NO5. The molecule has 1 aliphatic heterocycles. The second-order valence-electron chi connectivity index (χ2n) is 6.48. The second-order valence-corrected chi connectivity index (χ2v) is 6.48. The van der Waals surface area contributed by atoms with Crippen LogP contribution in [0, 0.1) is 5.92 Å². The lowest BCUT2D eigenvalue weighted by Crippen LogP contribution is -2.37. The van der Waals surface area contributed by atoms with E-state index >= 15 is 0 Å². The first-order valence-corrected chi connectivity index (χ1v) is 8.63. The Balaban J connectivity index is 2.25. The van der Waals surface area contributed by atoms with Crippen LogP contribution < -0.4 is 9.47 Å². The summed E-state index contributed by atoms with van der Waals surface area (Å²) in [5.41, 5.74) is 2.76. The Morgan fingerprint density at radius 2 is 1.92 bits per heavy atom. The molecule has 0 bridgehead atoms. The zero-order valence-electron chi connectivity index (χ0n) is 15.5. The Kier molecular flexibility index (Phi) is 5.11. The van der Waals surface area contributed by atoms with Crippen molar-refractivity contribution in [1.82, 2.24) is 0 Å². The number of Topliss-reactive ketones (excluding diaryl/α,β-unsaturated/α-hetero) is 1. The number of esters is 1. The Hall–Kier alpha value is -2.63. The van der Waals surface area contributed by atoms with E-state index in [1.165, 1.54) is 7.11 Å². The molecule has 0 N–H and O–H groups in total. The Labute approximate surface area is 152 Å². The lowest BCUT2D eigenvalue weighted by Gasteiger charge is -2.34. The Bertz CT molecular complexity index is 808. The molecule has 1 aromatic rings. The van der Waals surface area contributed by atoms with Crippen molar-refractivity contribution in [3.8, 4) is 11.5 Å². The number of ketones is 1. The third-order valence-electron chi connectivity index (χ3n) is 5.06. The van der Waals surface area contributed by atoms with E-state index in [1.54, 1.807) is 26.4 Å². The molecule has 6 nitrogen and oxygen atoms in total. The van der Waals surface area contributed by atoms with E-state index in [9.17, 15) is 9.59 Å². The van der Waals surface area contributed by atoms with E-state index in [-0.39, 0.29) is 5.78 Å². The molecule has 6 heteroatoms. The van der Waals surface area contributed by atoms with Crippen molar-refractivity contribution in [3.05, 3.63) is 35.0 Å². The summed E-state index contributed by atoms with van der Waals surface area (Å²) >= 11 is 0. The van der Waals surface area contributed by atoms with Crippen molar-refractivity contribution in [2.24, 2.45) is 10.9 Å². The van der Waals surface area contributed by atoms with Gasteiger partial charge in [-0.25, -0.2) is 0 Å². The van der Waals surface area contributed by atoms with Crippen LogP contribution in [0.4, 0.5) is 0 Å². The van der Waals surface area contributed by atoms with Crippen LogP contribution in [0.25, 0.3) is 0 Å². The van der Waals surface area contributed by atoms with E-state index in [0.717, 1.165) is 24.1 Å². The van der Waals surface area contributed by atoms with Crippen LogP contribution in [0.2, 0.25) is 0 Å². The third-order valence-corrected chi connectivity index (χ3v) is 5.06. The number of nitrogens with zero attached hydrogens (tertiary/aromatic N) is 1. The van der Waals surface area contributed by atoms with Crippen molar-refractivity contribution in [3.63, 3.8) is 0 Å². The molecule has 0 saturated heterocycles. The molecule has 1 aliphatic carbocycles. The van der Waals surface area contributed by atoms with Gasteiger partial charge in [0.15, 0.2) is 5.78 Å². The summed E-state index contributed by atoms with van der Waals surface area (Å²) in [5.74, 6) is -0.299. The minimum Gasteiger partial charge on any atom is -0.497 e. The van der Waals surface area contributed by atoms with Gasteiger partial charge in [0.05, 0.1) is 21.3 Å². The molecule has 26 heavy (non-hydrogen) atoms. The Morgan fingerprint density at radius 3 is 2.58 bits per heavy atom. The highest BCUT2D eigenvalue weighted by atomic mass is 16.5. The maximum absolute atomic E-state index is 12.8. The fraction of sp³-hybridized carbons (Fsp3) is 0.450. The first-order valence-electron chi connectivity index (χ1n) is 8.63. The normalized spacial score (nSPS) is 22.5. The van der Waals surface area contributed by atoms with E-state index < -0.39 is 17.8 Å². The van der Waals surface area contributed by atoms with E-state index in [0.29, 0.717) is 29.2 Å². The largest absolute Gasteiger partial charge is 0.497 e. The summed E-state index contributed by atoms with van der Waals surface area (Å²) in [7, 11) is 4.50. The van der Waals surface area contributed by atoms with Gasteiger partial charge in [-0.3, -0.25) is 14.6 Å². The summed E-state index contributed by atoms with van der Waals surface area (Å²) in [6, 6.07) is 5.40. The van der Waals surface area contributed by atoms with Crippen LogP contribution in [-0.4, -0.2) is 38.8 Å². The topological polar surface area (TPSA) is 74.2 Å². The number of allylic oxidation sites excluding steroid dienone is 2. The van der Waals surface area contributed by atoms with Gasteiger partial charge >= 0.3 is 5.97 Å². The number of aliphatic imine (C=N–C) groups is 1. The summed E-state index contributed by atoms with van der Waals surface area (Å²) in [4.78, 5) is 29.9. The lowest BCUT2D eigenvalue weighted by molar-refractivity contribution is -0.143. The molecule has 138 valence electrons. The van der Waals surface area contributed by atoms with Gasteiger partial charge < -0.3 is 14.2 Å². The molecule has 0 amide bonds. The van der Waals surface area contributed by atoms with Crippen molar-refractivity contribution in [2.45, 2.75) is 32.1 Å². The van der Waals surface area contributed by atoms with Crippen LogP contribution >= 0.6 is 0 Å². The van der Waals surface area contributed by atoms with Gasteiger partial charge in [0, 0.05) is 34.9 Å². The first kappa shape index (κ1) is 18.2. The zero-order valence-corrected chi connectivity index (χ0v) is 15.5. The average Bonchev–Trinajstić information content (AvgIpc) is 2.66. The molecule has 1 unspecified atom stereocenters. The van der Waals surface area contributed by atoms with Crippen molar-refractivity contribution >= 4 is 17.5 Å². The number of carbonyl (C=O) groups is 2. The maximum Gasteiger partial charge on any atom is 0.315 e. The Morgan fingerprint density at radius 1 is 1.15 bits per heavy atom. The predicted molar refractivity (Wildman–Crippen MR) is 96.8 cm³/mol. The fourth-order valence-electron chi connectivity index (χ4n) is 3.86. The molecule has 0 fully saturated rings. The molecule has 1 heterocycles. The molecule has 0 saturated carbocycles. The smallest absolute Gasteiger partial charge is 0.315 e. The van der Waals surface area contributed by atoms with E-state index in [1.807, 2.05) is 13.0 Å². The molecule has 2 atom stereocenters.